The molecule has 42 heavy (non-hydrogen) atoms. The number of hydrogen-bond acceptors (Lipinski definition) is 5. The molecule has 3 aromatic rings. The largest absolute Gasteiger partial charge is 0.489 e. The van der Waals surface area contributed by atoms with Crippen molar-refractivity contribution >= 4 is 12.1 Å². The van der Waals surface area contributed by atoms with Gasteiger partial charge in [0.2, 0.25) is 0 Å². The van der Waals surface area contributed by atoms with Gasteiger partial charge in [-0.05, 0) is 82.2 Å². The van der Waals surface area contributed by atoms with Crippen LogP contribution >= 0.6 is 0 Å². The van der Waals surface area contributed by atoms with Gasteiger partial charge in [-0.2, -0.15) is 0 Å². The smallest absolute Gasteiger partial charge is 0.408 e. The normalized spacial score (nSPS) is 15.7. The van der Waals surface area contributed by atoms with Gasteiger partial charge in [0, 0.05) is 23.3 Å². The molecule has 8 heteroatoms. The molecule has 7 nitrogen and oxygen atoms in total. The van der Waals surface area contributed by atoms with Gasteiger partial charge in [0.1, 0.15) is 23.8 Å². The molecule has 0 saturated carbocycles. The Morgan fingerprint density at radius 2 is 1.86 bits per heavy atom. The van der Waals surface area contributed by atoms with Crippen molar-refractivity contribution in [2.45, 2.75) is 84.2 Å². The summed E-state index contributed by atoms with van der Waals surface area (Å²) in [6.07, 6.45) is 3.19. The van der Waals surface area contributed by atoms with Crippen molar-refractivity contribution in [3.05, 3.63) is 88.7 Å². The molecule has 0 radical (unpaired) electrons. The molecule has 1 aliphatic rings. The Morgan fingerprint density at radius 3 is 2.57 bits per heavy atom. The Labute approximate surface area is 247 Å². The summed E-state index contributed by atoms with van der Waals surface area (Å²) in [5.41, 5.74) is 3.25. The summed E-state index contributed by atoms with van der Waals surface area (Å²) < 4.78 is 33.3. The molecule has 2 atom stereocenters. The summed E-state index contributed by atoms with van der Waals surface area (Å²) >= 11 is 0. The van der Waals surface area contributed by atoms with Crippen LogP contribution in [0.25, 0.3) is 11.1 Å². The van der Waals surface area contributed by atoms with E-state index in [1.807, 2.05) is 18.2 Å². The molecule has 224 valence electrons. The molecule has 0 spiro atoms. The number of carboxylic acids is 1. The number of hydrogen-bond donors (Lipinski definition) is 2. The minimum absolute atomic E-state index is 0.142. The number of carbonyl (C=O) groups excluding carboxylic acids is 1. The highest BCUT2D eigenvalue weighted by molar-refractivity contribution is 5.71. The van der Waals surface area contributed by atoms with E-state index in [4.69, 9.17) is 14.2 Å². The van der Waals surface area contributed by atoms with Crippen molar-refractivity contribution in [3.8, 4) is 16.9 Å². The number of alkyl carbamates (subject to hydrolysis) is 1. The van der Waals surface area contributed by atoms with Crippen LogP contribution in [0.1, 0.15) is 75.3 Å². The fraction of sp³-hybridized carbons (Fsp3) is 0.412. The van der Waals surface area contributed by atoms with E-state index in [1.54, 1.807) is 70.2 Å². The summed E-state index contributed by atoms with van der Waals surface area (Å²) in [6, 6.07) is 17.6. The molecule has 0 aromatic heterocycles. The maximum absolute atomic E-state index is 16.0. The SMILES string of the molecule is C[C@@H](NC(=O)OC(C)(C)C)c1cccc(-c2cc(CC[C@@H]3CCCO3)cc(COc3ccccc3CC(=O)O)c2)c1F. The summed E-state index contributed by atoms with van der Waals surface area (Å²) in [5.74, 6) is -0.854. The quantitative estimate of drug-likeness (QED) is 0.247. The minimum atomic E-state index is -0.935. The monoisotopic (exact) mass is 577 g/mol. The lowest BCUT2D eigenvalue weighted by molar-refractivity contribution is -0.136. The lowest BCUT2D eigenvalue weighted by Gasteiger charge is -2.22. The number of aliphatic carboxylic acids is 1. The Morgan fingerprint density at radius 1 is 1.10 bits per heavy atom. The van der Waals surface area contributed by atoms with Crippen molar-refractivity contribution < 1.29 is 33.3 Å². The fourth-order valence-electron chi connectivity index (χ4n) is 5.13. The van der Waals surface area contributed by atoms with E-state index < -0.39 is 29.5 Å². The highest BCUT2D eigenvalue weighted by atomic mass is 19.1. The van der Waals surface area contributed by atoms with E-state index in [0.717, 1.165) is 43.4 Å². The molecule has 1 amide bonds. The van der Waals surface area contributed by atoms with E-state index in [-0.39, 0.29) is 19.1 Å². The fourth-order valence-corrected chi connectivity index (χ4v) is 5.13. The van der Waals surface area contributed by atoms with Gasteiger partial charge in [-0.1, -0.05) is 48.5 Å². The zero-order valence-electron chi connectivity index (χ0n) is 24.7. The Hall–Kier alpha value is -3.91. The van der Waals surface area contributed by atoms with E-state index in [0.29, 0.717) is 28.0 Å². The zero-order chi connectivity index (χ0) is 30.3. The van der Waals surface area contributed by atoms with E-state index in [1.165, 1.54) is 0 Å². The minimum Gasteiger partial charge on any atom is -0.489 e. The molecule has 1 saturated heterocycles. The number of ether oxygens (including phenoxy) is 3. The predicted molar refractivity (Wildman–Crippen MR) is 159 cm³/mol. The number of amides is 1. The van der Waals surface area contributed by atoms with Crippen LogP contribution in [0.15, 0.2) is 60.7 Å². The molecule has 0 unspecified atom stereocenters. The maximum atomic E-state index is 16.0. The van der Waals surface area contributed by atoms with Gasteiger partial charge in [-0.15, -0.1) is 0 Å². The molecule has 2 N–H and O–H groups in total. The molecular formula is C34H40FNO6. The van der Waals surface area contributed by atoms with Gasteiger partial charge in [-0.25, -0.2) is 9.18 Å². The van der Waals surface area contributed by atoms with Crippen LogP contribution in [0.3, 0.4) is 0 Å². The van der Waals surface area contributed by atoms with Gasteiger partial charge in [0.05, 0.1) is 18.6 Å². The van der Waals surface area contributed by atoms with Gasteiger partial charge < -0.3 is 24.6 Å². The highest BCUT2D eigenvalue weighted by Gasteiger charge is 2.22. The molecule has 1 heterocycles. The maximum Gasteiger partial charge on any atom is 0.408 e. The van der Waals surface area contributed by atoms with Crippen LogP contribution in [0.5, 0.6) is 5.75 Å². The van der Waals surface area contributed by atoms with E-state index in [2.05, 4.69) is 5.32 Å². The number of halogens is 1. The third-order valence-corrected chi connectivity index (χ3v) is 7.08. The molecule has 0 aliphatic carbocycles. The predicted octanol–water partition coefficient (Wildman–Crippen LogP) is 7.40. The highest BCUT2D eigenvalue weighted by Crippen LogP contribution is 2.31. The number of rotatable bonds is 11. The molecular weight excluding hydrogens is 537 g/mol. The number of para-hydroxylation sites is 1. The van der Waals surface area contributed by atoms with Crippen LogP contribution in [0.2, 0.25) is 0 Å². The number of aryl methyl sites for hydroxylation is 1. The Bertz CT molecular complexity index is 1390. The average Bonchev–Trinajstić information content (AvgIpc) is 3.44. The Balaban J connectivity index is 1.61. The van der Waals surface area contributed by atoms with Gasteiger partial charge in [0.15, 0.2) is 0 Å². The van der Waals surface area contributed by atoms with Crippen LogP contribution in [-0.2, 0) is 33.7 Å². The van der Waals surface area contributed by atoms with Crippen molar-refractivity contribution in [1.82, 2.24) is 5.32 Å². The second kappa shape index (κ2) is 13.8. The lowest BCUT2D eigenvalue weighted by atomic mass is 9.94. The van der Waals surface area contributed by atoms with Crippen molar-refractivity contribution in [1.29, 1.82) is 0 Å². The molecule has 0 bridgehead atoms. The van der Waals surface area contributed by atoms with E-state index >= 15 is 4.39 Å². The second-order valence-electron chi connectivity index (χ2n) is 11.8. The van der Waals surface area contributed by atoms with Crippen molar-refractivity contribution in [2.75, 3.05) is 6.61 Å². The molecule has 1 aliphatic heterocycles. The van der Waals surface area contributed by atoms with Gasteiger partial charge in [0.25, 0.3) is 0 Å². The Kier molecular flexibility index (Phi) is 10.2. The summed E-state index contributed by atoms with van der Waals surface area (Å²) in [4.78, 5) is 23.7. The average molecular weight is 578 g/mol. The van der Waals surface area contributed by atoms with Crippen molar-refractivity contribution in [2.24, 2.45) is 0 Å². The first kappa shape index (κ1) is 31.0. The molecule has 1 fully saturated rings. The van der Waals surface area contributed by atoms with Crippen LogP contribution in [0.4, 0.5) is 9.18 Å². The summed E-state index contributed by atoms with van der Waals surface area (Å²) in [5, 5.41) is 12.0. The number of carboxylic acid groups (broad SMARTS) is 1. The van der Waals surface area contributed by atoms with Gasteiger partial charge >= 0.3 is 12.1 Å². The molecule has 4 rings (SSSR count). The number of benzene rings is 3. The van der Waals surface area contributed by atoms with Crippen LogP contribution in [-0.4, -0.2) is 35.5 Å². The third-order valence-electron chi connectivity index (χ3n) is 7.08. The van der Waals surface area contributed by atoms with Crippen LogP contribution < -0.4 is 10.1 Å². The summed E-state index contributed by atoms with van der Waals surface area (Å²) in [7, 11) is 0. The van der Waals surface area contributed by atoms with E-state index in [9.17, 15) is 14.7 Å². The standard InChI is InChI=1S/C34H40FNO6/c1-22(36-33(39)42-34(2,3)4)28-11-7-12-29(32(28)35)26-18-23(14-15-27-10-8-16-40-27)17-24(19-26)21-41-30-13-6-5-9-25(30)20-31(37)38/h5-7,9,11-13,17-19,22,27H,8,10,14-16,20-21H2,1-4H3,(H,36,39)(H,37,38)/t22-,27+/m1/s1. The molecule has 3 aromatic carbocycles. The topological polar surface area (TPSA) is 94.1 Å². The summed E-state index contributed by atoms with van der Waals surface area (Å²) in [6.45, 7) is 8.02. The van der Waals surface area contributed by atoms with Crippen molar-refractivity contribution in [3.63, 3.8) is 0 Å². The zero-order valence-corrected chi connectivity index (χ0v) is 24.7. The number of nitrogens with one attached hydrogen (secondary N) is 1. The van der Waals surface area contributed by atoms with Crippen LogP contribution in [0, 0.1) is 5.82 Å². The second-order valence-corrected chi connectivity index (χ2v) is 11.8. The first-order valence-electron chi connectivity index (χ1n) is 14.4. The van der Waals surface area contributed by atoms with Gasteiger partial charge in [-0.3, -0.25) is 4.79 Å². The lowest BCUT2D eigenvalue weighted by Crippen LogP contribution is -2.34. The first-order chi connectivity index (χ1) is 20.0. The third kappa shape index (κ3) is 8.79. The first-order valence-corrected chi connectivity index (χ1v) is 14.4. The number of carbonyl (C=O) groups is 2.